The summed E-state index contributed by atoms with van der Waals surface area (Å²) in [6, 6.07) is 17.3. The summed E-state index contributed by atoms with van der Waals surface area (Å²) in [6.45, 7) is 4.02. The summed E-state index contributed by atoms with van der Waals surface area (Å²) in [5.41, 5.74) is 6.40. The Morgan fingerprint density at radius 2 is 1.96 bits per heavy atom. The predicted octanol–water partition coefficient (Wildman–Crippen LogP) is 4.51. The normalized spacial score (nSPS) is 11.3. The van der Waals surface area contributed by atoms with Gasteiger partial charge >= 0.3 is 0 Å². The van der Waals surface area contributed by atoms with Gasteiger partial charge in [0.15, 0.2) is 0 Å². The second-order valence-corrected chi connectivity index (χ2v) is 7.25. The summed E-state index contributed by atoms with van der Waals surface area (Å²) < 4.78 is 1.59. The van der Waals surface area contributed by atoms with E-state index in [-0.39, 0.29) is 5.56 Å². The highest BCUT2D eigenvalue weighted by Gasteiger charge is 2.14. The van der Waals surface area contributed by atoms with E-state index in [2.05, 4.69) is 21.6 Å². The predicted molar refractivity (Wildman–Crippen MR) is 112 cm³/mol. The molecule has 0 aliphatic carbocycles. The average Bonchev–Trinajstić information content (AvgIpc) is 3.17. The van der Waals surface area contributed by atoms with Gasteiger partial charge in [0.1, 0.15) is 0 Å². The molecule has 0 saturated heterocycles. The van der Waals surface area contributed by atoms with Crippen LogP contribution in [0.5, 0.6) is 0 Å². The molecule has 1 N–H and O–H groups in total. The third kappa shape index (κ3) is 3.39. The van der Waals surface area contributed by atoms with Crippen LogP contribution in [0, 0.1) is 13.8 Å². The Labute approximate surface area is 160 Å². The fourth-order valence-corrected chi connectivity index (χ4v) is 3.59. The van der Waals surface area contributed by atoms with E-state index in [1.54, 1.807) is 28.2 Å². The van der Waals surface area contributed by atoms with Crippen molar-refractivity contribution in [3.05, 3.63) is 86.3 Å². The van der Waals surface area contributed by atoms with E-state index >= 15 is 0 Å². The second-order valence-electron chi connectivity index (χ2n) is 6.27. The molecule has 6 heteroatoms. The Bertz CT molecular complexity index is 1190. The highest BCUT2D eigenvalue weighted by molar-refractivity contribution is 7.11. The number of aryl methyl sites for hydroxylation is 2. The van der Waals surface area contributed by atoms with Gasteiger partial charge in [0.2, 0.25) is 5.95 Å². The van der Waals surface area contributed by atoms with Crippen molar-refractivity contribution in [3.63, 3.8) is 0 Å². The van der Waals surface area contributed by atoms with Gasteiger partial charge in [-0.05, 0) is 49.1 Å². The third-order valence-electron chi connectivity index (χ3n) is 4.27. The van der Waals surface area contributed by atoms with Gasteiger partial charge < -0.3 is 0 Å². The Morgan fingerprint density at radius 3 is 2.74 bits per heavy atom. The van der Waals surface area contributed by atoms with E-state index < -0.39 is 0 Å². The largest absolute Gasteiger partial charge is 0.268 e. The van der Waals surface area contributed by atoms with Crippen LogP contribution in [0.3, 0.4) is 0 Å². The van der Waals surface area contributed by atoms with Gasteiger partial charge in [-0.15, -0.1) is 11.3 Å². The molecule has 27 heavy (non-hydrogen) atoms. The van der Waals surface area contributed by atoms with Crippen molar-refractivity contribution in [1.82, 2.24) is 9.55 Å². The molecule has 134 valence electrons. The third-order valence-corrected chi connectivity index (χ3v) is 5.08. The van der Waals surface area contributed by atoms with E-state index in [0.717, 1.165) is 21.7 Å². The molecule has 0 bridgehead atoms. The van der Waals surface area contributed by atoms with Crippen LogP contribution in [0.25, 0.3) is 16.6 Å². The van der Waals surface area contributed by atoms with Gasteiger partial charge in [-0.1, -0.05) is 35.9 Å². The minimum absolute atomic E-state index is 0.124. The van der Waals surface area contributed by atoms with Crippen LogP contribution in [0.1, 0.15) is 16.0 Å². The molecule has 0 saturated carbocycles. The van der Waals surface area contributed by atoms with Crippen LogP contribution in [0.15, 0.2) is 69.9 Å². The Balaban J connectivity index is 1.89. The fourth-order valence-electron chi connectivity index (χ4n) is 3.01. The number of benzene rings is 2. The molecule has 2 aromatic heterocycles. The lowest BCUT2D eigenvalue weighted by Crippen LogP contribution is -2.23. The first-order valence-corrected chi connectivity index (χ1v) is 9.43. The first kappa shape index (κ1) is 17.2. The first-order chi connectivity index (χ1) is 13.1. The molecule has 0 fully saturated rings. The molecule has 0 spiro atoms. The van der Waals surface area contributed by atoms with Crippen molar-refractivity contribution in [1.29, 1.82) is 0 Å². The number of hydrogen-bond donors (Lipinski definition) is 1. The van der Waals surface area contributed by atoms with Gasteiger partial charge in [-0.25, -0.2) is 15.0 Å². The lowest BCUT2D eigenvalue weighted by molar-refractivity contribution is 0.946. The number of rotatable bonds is 4. The van der Waals surface area contributed by atoms with E-state index in [1.807, 2.05) is 61.7 Å². The Hall–Kier alpha value is -3.25. The van der Waals surface area contributed by atoms with Crippen molar-refractivity contribution in [3.8, 4) is 5.69 Å². The first-order valence-electron chi connectivity index (χ1n) is 8.55. The van der Waals surface area contributed by atoms with Crippen LogP contribution < -0.4 is 11.0 Å². The maximum absolute atomic E-state index is 13.2. The zero-order chi connectivity index (χ0) is 18.8. The van der Waals surface area contributed by atoms with Crippen molar-refractivity contribution >= 4 is 34.4 Å². The summed E-state index contributed by atoms with van der Waals surface area (Å²) in [5, 5.41) is 6.84. The van der Waals surface area contributed by atoms with E-state index in [4.69, 9.17) is 0 Å². The van der Waals surface area contributed by atoms with Crippen LogP contribution in [0.4, 0.5) is 5.95 Å². The summed E-state index contributed by atoms with van der Waals surface area (Å²) in [6.07, 6.45) is 1.72. The molecule has 4 rings (SSSR count). The second kappa shape index (κ2) is 7.17. The van der Waals surface area contributed by atoms with Gasteiger partial charge in [0.05, 0.1) is 22.8 Å². The molecule has 0 amide bonds. The molecule has 0 radical (unpaired) electrons. The van der Waals surface area contributed by atoms with Gasteiger partial charge in [0, 0.05) is 4.88 Å². The maximum atomic E-state index is 13.2. The number of thiophene rings is 1. The summed E-state index contributed by atoms with van der Waals surface area (Å²) in [7, 11) is 0. The van der Waals surface area contributed by atoms with Crippen molar-refractivity contribution in [2.45, 2.75) is 13.8 Å². The molecule has 2 heterocycles. The molecular formula is C21H18N4OS. The van der Waals surface area contributed by atoms with Gasteiger partial charge in [-0.2, -0.15) is 5.10 Å². The highest BCUT2D eigenvalue weighted by atomic mass is 32.1. The van der Waals surface area contributed by atoms with Crippen molar-refractivity contribution < 1.29 is 0 Å². The number of anilines is 1. The number of aromatic nitrogens is 2. The summed E-state index contributed by atoms with van der Waals surface area (Å²) in [5.74, 6) is 0.387. The molecule has 5 nitrogen and oxygen atoms in total. The Kier molecular flexibility index (Phi) is 4.56. The van der Waals surface area contributed by atoms with E-state index in [9.17, 15) is 4.79 Å². The molecule has 0 aliphatic rings. The molecule has 0 aliphatic heterocycles. The minimum Gasteiger partial charge on any atom is -0.268 e. The van der Waals surface area contributed by atoms with Crippen LogP contribution in [-0.2, 0) is 0 Å². The SMILES string of the molecule is Cc1ccc(-n2c(N/N=C\c3cccs3)nc3ccccc3c2=O)c(C)c1. The fraction of sp³-hybridized carbons (Fsp3) is 0.0952. The lowest BCUT2D eigenvalue weighted by Gasteiger charge is -2.15. The summed E-state index contributed by atoms with van der Waals surface area (Å²) >= 11 is 1.59. The number of fused-ring (bicyclic) bond motifs is 1. The van der Waals surface area contributed by atoms with Crippen molar-refractivity contribution in [2.75, 3.05) is 5.43 Å². The molecule has 2 aromatic carbocycles. The zero-order valence-electron chi connectivity index (χ0n) is 15.0. The molecule has 4 aromatic rings. The van der Waals surface area contributed by atoms with E-state index in [0.29, 0.717) is 16.9 Å². The number of nitrogens with zero attached hydrogens (tertiary/aromatic N) is 3. The molecular weight excluding hydrogens is 356 g/mol. The number of para-hydroxylation sites is 1. The number of nitrogens with one attached hydrogen (secondary N) is 1. The number of hydrazone groups is 1. The quantitative estimate of drug-likeness (QED) is 0.422. The maximum Gasteiger partial charge on any atom is 0.267 e. The minimum atomic E-state index is -0.124. The van der Waals surface area contributed by atoms with Crippen LogP contribution in [-0.4, -0.2) is 15.8 Å². The smallest absolute Gasteiger partial charge is 0.267 e. The molecule has 0 atom stereocenters. The Morgan fingerprint density at radius 1 is 1.11 bits per heavy atom. The lowest BCUT2D eigenvalue weighted by atomic mass is 10.1. The number of hydrogen-bond acceptors (Lipinski definition) is 5. The molecule has 0 unspecified atom stereocenters. The zero-order valence-corrected chi connectivity index (χ0v) is 15.8. The topological polar surface area (TPSA) is 59.3 Å². The van der Waals surface area contributed by atoms with Gasteiger partial charge in [-0.3, -0.25) is 4.79 Å². The van der Waals surface area contributed by atoms with Gasteiger partial charge in [0.25, 0.3) is 5.56 Å². The van der Waals surface area contributed by atoms with Crippen LogP contribution in [0.2, 0.25) is 0 Å². The summed E-state index contributed by atoms with van der Waals surface area (Å²) in [4.78, 5) is 18.9. The van der Waals surface area contributed by atoms with Crippen LogP contribution >= 0.6 is 11.3 Å². The monoisotopic (exact) mass is 374 g/mol. The standard InChI is InChI=1S/C21H18N4OS/c1-14-9-10-19(15(2)12-14)25-20(26)17-7-3-4-8-18(17)23-21(25)24-22-13-16-6-5-11-27-16/h3-13H,1-2H3,(H,23,24)/b22-13-. The van der Waals surface area contributed by atoms with E-state index in [1.165, 1.54) is 0 Å². The average molecular weight is 374 g/mol. The highest BCUT2D eigenvalue weighted by Crippen LogP contribution is 2.20. The van der Waals surface area contributed by atoms with Crippen molar-refractivity contribution in [2.24, 2.45) is 5.10 Å².